The summed E-state index contributed by atoms with van der Waals surface area (Å²) in [6.45, 7) is 4.43. The maximum atomic E-state index is 11.1. The Morgan fingerprint density at radius 3 is 2.48 bits per heavy atom. The molecule has 0 heterocycles. The molecule has 1 aromatic carbocycles. The number of primary sulfonamides is 1. The van der Waals surface area contributed by atoms with Crippen molar-refractivity contribution in [3.05, 3.63) is 29.8 Å². The average molecular weight is 314 g/mol. The third-order valence-electron chi connectivity index (χ3n) is 2.68. The number of sulfonamides is 1. The van der Waals surface area contributed by atoms with E-state index in [-0.39, 0.29) is 4.90 Å². The first-order valence-corrected chi connectivity index (χ1v) is 8.16. The Bertz CT molecular complexity index is 555. The van der Waals surface area contributed by atoms with Gasteiger partial charge in [-0.1, -0.05) is 12.1 Å². The number of nitrogens with two attached hydrogens (primary N) is 1. The third kappa shape index (κ3) is 6.56. The van der Waals surface area contributed by atoms with E-state index in [4.69, 9.17) is 9.88 Å². The molecule has 0 saturated heterocycles. The Labute approximate surface area is 125 Å². The zero-order valence-electron chi connectivity index (χ0n) is 12.3. The van der Waals surface area contributed by atoms with Crippen molar-refractivity contribution >= 4 is 16.0 Å². The van der Waals surface area contributed by atoms with Gasteiger partial charge in [-0.05, 0) is 24.6 Å². The number of rotatable bonds is 7. The summed E-state index contributed by atoms with van der Waals surface area (Å²) in [5, 5.41) is 11.3. The minimum Gasteiger partial charge on any atom is -0.380 e. The van der Waals surface area contributed by atoms with Crippen LogP contribution in [0.25, 0.3) is 0 Å². The van der Waals surface area contributed by atoms with Crippen LogP contribution < -0.4 is 15.8 Å². The number of nitrogens with one attached hydrogen (secondary N) is 2. The molecule has 118 valence electrons. The summed E-state index contributed by atoms with van der Waals surface area (Å²) in [4.78, 5) is 4.18. The highest BCUT2D eigenvalue weighted by Gasteiger charge is 2.06. The lowest BCUT2D eigenvalue weighted by Crippen LogP contribution is -2.38. The quantitative estimate of drug-likeness (QED) is 0.374. The summed E-state index contributed by atoms with van der Waals surface area (Å²) in [6.07, 6.45) is 0. The molecule has 1 rings (SSSR count). The molecule has 1 aromatic rings. The van der Waals surface area contributed by atoms with Crippen molar-refractivity contribution in [1.29, 1.82) is 0 Å². The predicted molar refractivity (Wildman–Crippen MR) is 82.5 cm³/mol. The van der Waals surface area contributed by atoms with Gasteiger partial charge in [0.2, 0.25) is 10.0 Å². The molecule has 21 heavy (non-hydrogen) atoms. The van der Waals surface area contributed by atoms with Gasteiger partial charge in [-0.3, -0.25) is 4.99 Å². The van der Waals surface area contributed by atoms with Gasteiger partial charge in [0.1, 0.15) is 0 Å². The second kappa shape index (κ2) is 8.60. The van der Waals surface area contributed by atoms with Gasteiger partial charge in [0, 0.05) is 26.7 Å². The van der Waals surface area contributed by atoms with Crippen LogP contribution in [0.15, 0.2) is 34.2 Å². The maximum absolute atomic E-state index is 11.1. The zero-order chi connectivity index (χ0) is 15.7. The summed E-state index contributed by atoms with van der Waals surface area (Å²) >= 11 is 0. The summed E-state index contributed by atoms with van der Waals surface area (Å²) in [5.41, 5.74) is 0.926. The third-order valence-corrected chi connectivity index (χ3v) is 3.61. The van der Waals surface area contributed by atoms with Crippen molar-refractivity contribution in [2.75, 3.05) is 26.8 Å². The summed E-state index contributed by atoms with van der Waals surface area (Å²) < 4.78 is 27.5. The van der Waals surface area contributed by atoms with Crippen LogP contribution in [0.5, 0.6) is 0 Å². The van der Waals surface area contributed by atoms with Crippen molar-refractivity contribution in [3.63, 3.8) is 0 Å². The van der Waals surface area contributed by atoms with Gasteiger partial charge in [-0.2, -0.15) is 0 Å². The van der Waals surface area contributed by atoms with Crippen LogP contribution in [0.2, 0.25) is 0 Å². The largest absolute Gasteiger partial charge is 0.380 e. The van der Waals surface area contributed by atoms with Gasteiger partial charge < -0.3 is 15.4 Å². The first-order chi connectivity index (χ1) is 9.97. The molecule has 4 N–H and O–H groups in total. The van der Waals surface area contributed by atoms with E-state index in [0.717, 1.165) is 5.56 Å². The summed E-state index contributed by atoms with van der Waals surface area (Å²) in [6, 6.07) is 6.38. The first kappa shape index (κ1) is 17.4. The van der Waals surface area contributed by atoms with Crippen LogP contribution in [0, 0.1) is 0 Å². The molecule has 0 radical (unpaired) electrons. The van der Waals surface area contributed by atoms with Crippen LogP contribution in [0.4, 0.5) is 0 Å². The number of ether oxygens (including phenoxy) is 1. The number of benzene rings is 1. The number of guanidine groups is 1. The van der Waals surface area contributed by atoms with E-state index in [1.165, 1.54) is 12.1 Å². The lowest BCUT2D eigenvalue weighted by atomic mass is 10.2. The molecule has 0 saturated carbocycles. The lowest BCUT2D eigenvalue weighted by Gasteiger charge is -2.12. The normalized spacial score (nSPS) is 12.2. The van der Waals surface area contributed by atoms with Crippen molar-refractivity contribution < 1.29 is 13.2 Å². The first-order valence-electron chi connectivity index (χ1n) is 6.61. The van der Waals surface area contributed by atoms with E-state index in [9.17, 15) is 8.42 Å². The minimum atomic E-state index is -3.64. The smallest absolute Gasteiger partial charge is 0.238 e. The number of aliphatic imine (C=N–C) groups is 1. The molecule has 0 atom stereocenters. The van der Waals surface area contributed by atoms with Crippen molar-refractivity contribution in [1.82, 2.24) is 10.6 Å². The lowest BCUT2D eigenvalue weighted by molar-refractivity contribution is 0.152. The molecule has 0 unspecified atom stereocenters. The second-order valence-corrected chi connectivity index (χ2v) is 5.80. The van der Waals surface area contributed by atoms with E-state index in [0.29, 0.717) is 32.3 Å². The molecule has 7 nitrogen and oxygen atoms in total. The Hall–Kier alpha value is -1.64. The Balaban J connectivity index is 2.46. The molecular formula is C13H22N4O3S. The van der Waals surface area contributed by atoms with E-state index >= 15 is 0 Å². The number of hydrogen-bond acceptors (Lipinski definition) is 4. The van der Waals surface area contributed by atoms with Crippen LogP contribution in [0.3, 0.4) is 0 Å². The van der Waals surface area contributed by atoms with E-state index in [1.807, 2.05) is 6.92 Å². The summed E-state index contributed by atoms with van der Waals surface area (Å²) in [5.74, 6) is 0.658. The molecular weight excluding hydrogens is 292 g/mol. The highest BCUT2D eigenvalue weighted by Crippen LogP contribution is 2.08. The monoisotopic (exact) mass is 314 g/mol. The fourth-order valence-corrected chi connectivity index (χ4v) is 2.10. The number of hydrogen-bond donors (Lipinski definition) is 3. The van der Waals surface area contributed by atoms with E-state index in [2.05, 4.69) is 15.6 Å². The van der Waals surface area contributed by atoms with Gasteiger partial charge >= 0.3 is 0 Å². The van der Waals surface area contributed by atoms with Crippen LogP contribution >= 0.6 is 0 Å². The Kier molecular flexibility index (Phi) is 7.13. The summed E-state index contributed by atoms with van der Waals surface area (Å²) in [7, 11) is -1.96. The predicted octanol–water partition coefficient (Wildman–Crippen LogP) is 0.0355. The van der Waals surface area contributed by atoms with Gasteiger partial charge in [0.05, 0.1) is 11.5 Å². The molecule has 0 aliphatic carbocycles. The Morgan fingerprint density at radius 2 is 1.95 bits per heavy atom. The molecule has 0 aliphatic heterocycles. The molecule has 0 aromatic heterocycles. The topological polar surface area (TPSA) is 106 Å². The van der Waals surface area contributed by atoms with Crippen LogP contribution in [-0.4, -0.2) is 41.2 Å². The Morgan fingerprint density at radius 1 is 1.29 bits per heavy atom. The molecule has 0 amide bonds. The second-order valence-electron chi connectivity index (χ2n) is 4.24. The standard InChI is InChI=1S/C13H22N4O3S/c1-3-20-9-8-16-13(15-2)17-10-11-4-6-12(7-5-11)21(14,18)19/h4-7H,3,8-10H2,1-2H3,(H2,14,18,19)(H2,15,16,17). The molecule has 0 bridgehead atoms. The van der Waals surface area contributed by atoms with Crippen molar-refractivity contribution in [2.24, 2.45) is 10.1 Å². The average Bonchev–Trinajstić information content (AvgIpc) is 2.46. The van der Waals surface area contributed by atoms with E-state index < -0.39 is 10.0 Å². The van der Waals surface area contributed by atoms with Gasteiger partial charge in [0.15, 0.2) is 5.96 Å². The van der Waals surface area contributed by atoms with Crippen LogP contribution in [0.1, 0.15) is 12.5 Å². The molecule has 0 spiro atoms. The maximum Gasteiger partial charge on any atom is 0.238 e. The molecule has 0 aliphatic rings. The fourth-order valence-electron chi connectivity index (χ4n) is 1.59. The minimum absolute atomic E-state index is 0.102. The van der Waals surface area contributed by atoms with Crippen molar-refractivity contribution in [3.8, 4) is 0 Å². The van der Waals surface area contributed by atoms with E-state index in [1.54, 1.807) is 19.2 Å². The van der Waals surface area contributed by atoms with Gasteiger partial charge in [-0.15, -0.1) is 0 Å². The fraction of sp³-hybridized carbons (Fsp3) is 0.462. The van der Waals surface area contributed by atoms with Crippen LogP contribution in [-0.2, 0) is 21.3 Å². The SMILES string of the molecule is CCOCCNC(=NC)NCc1ccc(S(N)(=O)=O)cc1. The molecule has 0 fully saturated rings. The van der Waals surface area contributed by atoms with Gasteiger partial charge in [0.25, 0.3) is 0 Å². The number of nitrogens with zero attached hydrogens (tertiary/aromatic N) is 1. The highest BCUT2D eigenvalue weighted by atomic mass is 32.2. The highest BCUT2D eigenvalue weighted by molar-refractivity contribution is 7.89. The van der Waals surface area contributed by atoms with Crippen molar-refractivity contribution in [2.45, 2.75) is 18.4 Å². The van der Waals surface area contributed by atoms with Gasteiger partial charge in [-0.25, -0.2) is 13.6 Å². The molecule has 8 heteroatoms. The zero-order valence-corrected chi connectivity index (χ0v) is 13.1.